The molecule has 0 bridgehead atoms. The van der Waals surface area contributed by atoms with Gasteiger partial charge in [-0.3, -0.25) is 4.79 Å². The number of rotatable bonds is 4. The van der Waals surface area contributed by atoms with Crippen LogP contribution in [0.5, 0.6) is 0 Å². The zero-order valence-electron chi connectivity index (χ0n) is 15.5. The van der Waals surface area contributed by atoms with E-state index < -0.39 is 0 Å². The van der Waals surface area contributed by atoms with Gasteiger partial charge < -0.3 is 10.2 Å². The van der Waals surface area contributed by atoms with E-state index in [4.69, 9.17) is 0 Å². The maximum Gasteiger partial charge on any atom is 0.245 e. The highest BCUT2D eigenvalue weighted by Crippen LogP contribution is 2.27. The summed E-state index contributed by atoms with van der Waals surface area (Å²) in [4.78, 5) is 31.6. The Balaban J connectivity index is 1.83. The van der Waals surface area contributed by atoms with Crippen LogP contribution in [-0.2, 0) is 4.79 Å². The molecule has 7 heteroatoms. The molecule has 7 nitrogen and oxygen atoms in total. The minimum atomic E-state index is -0.0255. The Bertz CT molecular complexity index is 815. The molecule has 136 valence electrons. The van der Waals surface area contributed by atoms with Gasteiger partial charge in [0.25, 0.3) is 0 Å². The van der Waals surface area contributed by atoms with E-state index in [-0.39, 0.29) is 11.8 Å². The van der Waals surface area contributed by atoms with Crippen molar-refractivity contribution in [1.29, 1.82) is 0 Å². The van der Waals surface area contributed by atoms with Crippen LogP contribution in [0, 0.1) is 20.8 Å². The lowest BCUT2D eigenvalue weighted by atomic mass is 9.94. The molecule has 1 saturated heterocycles. The summed E-state index contributed by atoms with van der Waals surface area (Å²) in [5.41, 5.74) is 2.74. The topological polar surface area (TPSA) is 83.9 Å². The second kappa shape index (κ2) is 7.59. The average molecular weight is 352 g/mol. The first-order valence-corrected chi connectivity index (χ1v) is 8.81. The summed E-state index contributed by atoms with van der Waals surface area (Å²) in [5, 5.41) is 3.18. The quantitative estimate of drug-likeness (QED) is 0.852. The first-order valence-electron chi connectivity index (χ1n) is 8.81. The van der Waals surface area contributed by atoms with Crippen molar-refractivity contribution in [2.45, 2.75) is 39.5 Å². The molecule has 3 heterocycles. The van der Waals surface area contributed by atoms with Gasteiger partial charge in [-0.25, -0.2) is 19.9 Å². The molecule has 1 atom stereocenters. The third-order valence-corrected chi connectivity index (χ3v) is 4.41. The molecule has 3 rings (SSSR count). The van der Waals surface area contributed by atoms with Crippen LogP contribution < -0.4 is 5.32 Å². The maximum atomic E-state index is 11.9. The zero-order valence-corrected chi connectivity index (χ0v) is 15.5. The van der Waals surface area contributed by atoms with E-state index in [1.54, 1.807) is 0 Å². The Labute approximate surface area is 153 Å². The van der Waals surface area contributed by atoms with E-state index in [1.807, 2.05) is 37.8 Å². The van der Waals surface area contributed by atoms with Gasteiger partial charge >= 0.3 is 0 Å². The molecule has 1 fully saturated rings. The molecule has 0 unspecified atom stereocenters. The average Bonchev–Trinajstić information content (AvgIpc) is 2.59. The highest BCUT2D eigenvalue weighted by molar-refractivity contribution is 5.87. The van der Waals surface area contributed by atoms with E-state index in [0.717, 1.165) is 36.5 Å². The van der Waals surface area contributed by atoms with Crippen molar-refractivity contribution in [2.75, 3.05) is 18.4 Å². The largest absolute Gasteiger partial charge is 0.339 e. The Kier molecular flexibility index (Phi) is 5.25. The molecule has 0 aliphatic carbocycles. The number of amides is 1. The summed E-state index contributed by atoms with van der Waals surface area (Å²) in [6.07, 6.45) is 3.32. The summed E-state index contributed by atoms with van der Waals surface area (Å²) < 4.78 is 0. The number of hydrogen-bond acceptors (Lipinski definition) is 6. The number of hydrogen-bond donors (Lipinski definition) is 1. The Hall–Kier alpha value is -2.83. The van der Waals surface area contributed by atoms with E-state index >= 15 is 0 Å². The standard InChI is InChI=1S/C19H24N6O/c1-5-18(26)25-8-6-7-15(11-25)16-10-17(23-14(4)22-16)24-19-20-12(2)9-13(3)21-19/h5,9-10,15H,1,6-8,11H2,2-4H3,(H,20,21,22,23,24)/t15-/m1/s1. The number of aryl methyl sites for hydroxylation is 3. The van der Waals surface area contributed by atoms with Gasteiger partial charge in [0.1, 0.15) is 11.6 Å². The lowest BCUT2D eigenvalue weighted by Gasteiger charge is -2.32. The summed E-state index contributed by atoms with van der Waals surface area (Å²) >= 11 is 0. The SMILES string of the molecule is C=CC(=O)N1CCC[C@@H](c2cc(Nc3nc(C)cc(C)n3)nc(C)n2)C1. The predicted molar refractivity (Wildman–Crippen MR) is 100 cm³/mol. The van der Waals surface area contributed by atoms with Gasteiger partial charge in [-0.2, -0.15) is 0 Å². The molecule has 26 heavy (non-hydrogen) atoms. The predicted octanol–water partition coefficient (Wildman–Crippen LogP) is 2.83. The van der Waals surface area contributed by atoms with Crippen LogP contribution in [0.2, 0.25) is 0 Å². The number of nitrogens with one attached hydrogen (secondary N) is 1. The second-order valence-electron chi connectivity index (χ2n) is 6.65. The molecule has 1 amide bonds. The van der Waals surface area contributed by atoms with Crippen LogP contribution in [0.25, 0.3) is 0 Å². The van der Waals surface area contributed by atoms with Gasteiger partial charge in [-0.1, -0.05) is 6.58 Å². The summed E-state index contributed by atoms with van der Waals surface area (Å²) in [5.74, 6) is 2.04. The van der Waals surface area contributed by atoms with Crippen LogP contribution in [0.1, 0.15) is 41.7 Å². The molecular formula is C19H24N6O. The van der Waals surface area contributed by atoms with Crippen molar-refractivity contribution in [3.05, 3.63) is 47.7 Å². The number of carbonyl (C=O) groups excluding carboxylic acids is 1. The van der Waals surface area contributed by atoms with Gasteiger partial charge in [0.05, 0.1) is 5.69 Å². The van der Waals surface area contributed by atoms with Crippen LogP contribution in [0.15, 0.2) is 24.8 Å². The van der Waals surface area contributed by atoms with Crippen molar-refractivity contribution in [2.24, 2.45) is 0 Å². The van der Waals surface area contributed by atoms with Crippen molar-refractivity contribution in [3.63, 3.8) is 0 Å². The van der Waals surface area contributed by atoms with Crippen LogP contribution in [0.3, 0.4) is 0 Å². The molecule has 1 aliphatic rings. The summed E-state index contributed by atoms with van der Waals surface area (Å²) in [7, 11) is 0. The smallest absolute Gasteiger partial charge is 0.245 e. The summed E-state index contributed by atoms with van der Waals surface area (Å²) in [6, 6.07) is 3.86. The zero-order chi connectivity index (χ0) is 18.7. The van der Waals surface area contributed by atoms with E-state index in [1.165, 1.54) is 6.08 Å². The van der Waals surface area contributed by atoms with Crippen LogP contribution in [0.4, 0.5) is 11.8 Å². The Morgan fingerprint density at radius 3 is 2.62 bits per heavy atom. The molecule has 2 aromatic heterocycles. The Morgan fingerprint density at radius 1 is 1.19 bits per heavy atom. The highest BCUT2D eigenvalue weighted by Gasteiger charge is 2.25. The van der Waals surface area contributed by atoms with E-state index in [2.05, 4.69) is 31.8 Å². The van der Waals surface area contributed by atoms with Gasteiger partial charge in [-0.05, 0) is 45.8 Å². The summed E-state index contributed by atoms with van der Waals surface area (Å²) in [6.45, 7) is 10.7. The highest BCUT2D eigenvalue weighted by atomic mass is 16.2. The van der Waals surface area contributed by atoms with Crippen LogP contribution >= 0.6 is 0 Å². The number of nitrogens with zero attached hydrogens (tertiary/aromatic N) is 5. The normalized spacial score (nSPS) is 17.0. The molecule has 0 saturated carbocycles. The Morgan fingerprint density at radius 2 is 1.92 bits per heavy atom. The van der Waals surface area contributed by atoms with Crippen molar-refractivity contribution in [1.82, 2.24) is 24.8 Å². The fraction of sp³-hybridized carbons (Fsp3) is 0.421. The second-order valence-corrected chi connectivity index (χ2v) is 6.65. The van der Waals surface area contributed by atoms with Crippen LogP contribution in [-0.4, -0.2) is 43.8 Å². The molecular weight excluding hydrogens is 328 g/mol. The van der Waals surface area contributed by atoms with Gasteiger partial charge in [0.2, 0.25) is 11.9 Å². The first kappa shape index (κ1) is 18.0. The lowest BCUT2D eigenvalue weighted by Crippen LogP contribution is -2.38. The number of anilines is 2. The molecule has 2 aromatic rings. The number of aromatic nitrogens is 4. The van der Waals surface area contributed by atoms with Gasteiger partial charge in [0, 0.05) is 36.5 Å². The molecule has 1 aliphatic heterocycles. The van der Waals surface area contributed by atoms with E-state index in [9.17, 15) is 4.79 Å². The molecule has 0 aromatic carbocycles. The third kappa shape index (κ3) is 4.22. The van der Waals surface area contributed by atoms with Gasteiger partial charge in [-0.15, -0.1) is 0 Å². The molecule has 0 spiro atoms. The monoisotopic (exact) mass is 352 g/mol. The van der Waals surface area contributed by atoms with Gasteiger partial charge in [0.15, 0.2) is 0 Å². The van der Waals surface area contributed by atoms with E-state index in [0.29, 0.717) is 24.1 Å². The van der Waals surface area contributed by atoms with Crippen molar-refractivity contribution in [3.8, 4) is 0 Å². The molecule has 1 N–H and O–H groups in total. The molecule has 0 radical (unpaired) electrons. The first-order chi connectivity index (χ1) is 12.4. The lowest BCUT2D eigenvalue weighted by molar-refractivity contribution is -0.127. The number of carbonyl (C=O) groups is 1. The fourth-order valence-corrected chi connectivity index (χ4v) is 3.31. The minimum Gasteiger partial charge on any atom is -0.339 e. The fourth-order valence-electron chi connectivity index (χ4n) is 3.31. The number of piperidine rings is 1. The number of likely N-dealkylation sites (tertiary alicyclic amines) is 1. The minimum absolute atomic E-state index is 0.0255. The maximum absolute atomic E-state index is 11.9. The van der Waals surface area contributed by atoms with Crippen molar-refractivity contribution >= 4 is 17.7 Å². The van der Waals surface area contributed by atoms with Crippen molar-refractivity contribution < 1.29 is 4.79 Å². The third-order valence-electron chi connectivity index (χ3n) is 4.41.